The lowest BCUT2D eigenvalue weighted by molar-refractivity contribution is 0.300. The van der Waals surface area contributed by atoms with Gasteiger partial charge in [0.2, 0.25) is 0 Å². The molecule has 0 saturated carbocycles. The topological polar surface area (TPSA) is 30.5 Å². The number of nitrogens with one attached hydrogen (secondary N) is 1. The lowest BCUT2D eigenvalue weighted by atomic mass is 10.2. The van der Waals surface area contributed by atoms with E-state index in [9.17, 15) is 4.39 Å². The third kappa shape index (κ3) is 5.06. The van der Waals surface area contributed by atoms with Crippen molar-refractivity contribution < 1.29 is 13.9 Å². The third-order valence-corrected chi connectivity index (χ3v) is 4.54. The van der Waals surface area contributed by atoms with Crippen LogP contribution in [0.4, 0.5) is 10.1 Å². The normalized spacial score (nSPS) is 10.5. The number of anilines is 1. The van der Waals surface area contributed by atoms with Crippen molar-refractivity contribution >= 4 is 28.9 Å². The largest absolute Gasteiger partial charge is 0.497 e. The quantitative estimate of drug-likeness (QED) is 0.497. The fourth-order valence-corrected chi connectivity index (χ4v) is 3.17. The SMILES string of the molecule is COc1ccc(NCc2cc(Cl)c(OCc3ccccc3F)c(Cl)c2)cc1. The van der Waals surface area contributed by atoms with Gasteiger partial charge in [0.05, 0.1) is 17.2 Å². The van der Waals surface area contributed by atoms with E-state index < -0.39 is 0 Å². The maximum Gasteiger partial charge on any atom is 0.156 e. The molecule has 0 heterocycles. The number of hydrogen-bond donors (Lipinski definition) is 1. The number of halogens is 3. The average Bonchev–Trinajstić information content (AvgIpc) is 2.67. The first-order valence-corrected chi connectivity index (χ1v) is 9.04. The summed E-state index contributed by atoms with van der Waals surface area (Å²) in [6.45, 7) is 0.592. The van der Waals surface area contributed by atoms with Crippen molar-refractivity contribution in [1.29, 1.82) is 0 Å². The van der Waals surface area contributed by atoms with Gasteiger partial charge in [-0.2, -0.15) is 0 Å². The Morgan fingerprint density at radius 2 is 1.63 bits per heavy atom. The first-order chi connectivity index (χ1) is 13.1. The lowest BCUT2D eigenvalue weighted by Gasteiger charge is -2.13. The number of ether oxygens (including phenoxy) is 2. The second-order valence-electron chi connectivity index (χ2n) is 5.85. The standard InChI is InChI=1S/C21H18Cl2FNO2/c1-26-17-8-6-16(7-9-17)25-12-14-10-18(22)21(19(23)11-14)27-13-15-4-2-3-5-20(15)24/h2-11,25H,12-13H2,1H3. The Morgan fingerprint density at radius 3 is 2.26 bits per heavy atom. The van der Waals surface area contributed by atoms with Crippen LogP contribution >= 0.6 is 23.2 Å². The van der Waals surface area contributed by atoms with Crippen molar-refractivity contribution in [2.45, 2.75) is 13.2 Å². The van der Waals surface area contributed by atoms with Crippen LogP contribution in [-0.2, 0) is 13.2 Å². The van der Waals surface area contributed by atoms with Crippen LogP contribution in [-0.4, -0.2) is 7.11 Å². The molecule has 3 aromatic carbocycles. The maximum atomic E-state index is 13.7. The molecule has 0 amide bonds. The van der Waals surface area contributed by atoms with E-state index in [1.807, 2.05) is 24.3 Å². The molecule has 0 aromatic heterocycles. The molecule has 6 heteroatoms. The van der Waals surface area contributed by atoms with Gasteiger partial charge in [-0.15, -0.1) is 0 Å². The first-order valence-electron chi connectivity index (χ1n) is 8.29. The Bertz CT molecular complexity index is 893. The van der Waals surface area contributed by atoms with Crippen molar-refractivity contribution in [3.8, 4) is 11.5 Å². The minimum absolute atomic E-state index is 0.0511. The third-order valence-electron chi connectivity index (χ3n) is 3.97. The lowest BCUT2D eigenvalue weighted by Crippen LogP contribution is -2.02. The molecular formula is C21H18Cl2FNO2. The maximum absolute atomic E-state index is 13.7. The zero-order chi connectivity index (χ0) is 19.2. The van der Waals surface area contributed by atoms with E-state index in [1.165, 1.54) is 6.07 Å². The summed E-state index contributed by atoms with van der Waals surface area (Å²) in [5.41, 5.74) is 2.29. The van der Waals surface area contributed by atoms with E-state index in [4.69, 9.17) is 32.7 Å². The molecule has 0 fully saturated rings. The van der Waals surface area contributed by atoms with Crippen LogP contribution in [0.1, 0.15) is 11.1 Å². The highest BCUT2D eigenvalue weighted by molar-refractivity contribution is 6.37. The summed E-state index contributed by atoms with van der Waals surface area (Å²) >= 11 is 12.6. The van der Waals surface area contributed by atoms with Gasteiger partial charge >= 0.3 is 0 Å². The molecule has 27 heavy (non-hydrogen) atoms. The second kappa shape index (κ2) is 8.98. The van der Waals surface area contributed by atoms with Crippen molar-refractivity contribution in [3.63, 3.8) is 0 Å². The molecule has 140 valence electrons. The molecule has 0 saturated heterocycles. The summed E-state index contributed by atoms with van der Waals surface area (Å²) in [6, 6.07) is 17.6. The van der Waals surface area contributed by atoms with Gasteiger partial charge < -0.3 is 14.8 Å². The summed E-state index contributed by atoms with van der Waals surface area (Å²) < 4.78 is 24.5. The van der Waals surface area contributed by atoms with Gasteiger partial charge in [-0.25, -0.2) is 4.39 Å². The van der Waals surface area contributed by atoms with E-state index in [-0.39, 0.29) is 12.4 Å². The van der Waals surface area contributed by atoms with Crippen LogP contribution in [0.25, 0.3) is 0 Å². The van der Waals surface area contributed by atoms with Crippen molar-refractivity contribution in [2.75, 3.05) is 12.4 Å². The molecule has 0 unspecified atom stereocenters. The van der Waals surface area contributed by atoms with Crippen molar-refractivity contribution in [3.05, 3.63) is 87.7 Å². The molecule has 0 aliphatic heterocycles. The molecule has 3 aromatic rings. The van der Waals surface area contributed by atoms with Crippen LogP contribution < -0.4 is 14.8 Å². The molecule has 0 aliphatic rings. The molecule has 3 nitrogen and oxygen atoms in total. The van der Waals surface area contributed by atoms with E-state index in [2.05, 4.69) is 5.32 Å². The summed E-state index contributed by atoms with van der Waals surface area (Å²) in [7, 11) is 1.63. The number of hydrogen-bond acceptors (Lipinski definition) is 3. The second-order valence-corrected chi connectivity index (χ2v) is 6.67. The highest BCUT2D eigenvalue weighted by Gasteiger charge is 2.11. The number of methoxy groups -OCH3 is 1. The zero-order valence-corrected chi connectivity index (χ0v) is 16.1. The van der Waals surface area contributed by atoms with Gasteiger partial charge in [0.25, 0.3) is 0 Å². The van der Waals surface area contributed by atoms with Gasteiger partial charge in [-0.05, 0) is 48.0 Å². The molecular weight excluding hydrogens is 388 g/mol. The summed E-state index contributed by atoms with van der Waals surface area (Å²) in [5, 5.41) is 4.05. The Labute approximate surface area is 167 Å². The summed E-state index contributed by atoms with van der Waals surface area (Å²) in [5.74, 6) is 0.808. The Kier molecular flexibility index (Phi) is 6.43. The van der Waals surface area contributed by atoms with Gasteiger partial charge in [-0.3, -0.25) is 0 Å². The van der Waals surface area contributed by atoms with Gasteiger partial charge in [0.15, 0.2) is 5.75 Å². The number of benzene rings is 3. The highest BCUT2D eigenvalue weighted by atomic mass is 35.5. The van der Waals surface area contributed by atoms with Crippen LogP contribution in [0.2, 0.25) is 10.0 Å². The highest BCUT2D eigenvalue weighted by Crippen LogP contribution is 2.35. The Hall–Kier alpha value is -2.43. The minimum atomic E-state index is -0.329. The van der Waals surface area contributed by atoms with Crippen LogP contribution in [0.3, 0.4) is 0 Å². The Morgan fingerprint density at radius 1 is 0.963 bits per heavy atom. The average molecular weight is 406 g/mol. The predicted molar refractivity (Wildman–Crippen MR) is 108 cm³/mol. The van der Waals surface area contributed by atoms with Crippen LogP contribution in [0.15, 0.2) is 60.7 Å². The van der Waals surface area contributed by atoms with Gasteiger partial charge in [-0.1, -0.05) is 41.4 Å². The predicted octanol–water partition coefficient (Wildman–Crippen LogP) is 6.33. The van der Waals surface area contributed by atoms with Crippen molar-refractivity contribution in [1.82, 2.24) is 0 Å². The van der Waals surface area contributed by atoms with Gasteiger partial charge in [0, 0.05) is 17.8 Å². The van der Waals surface area contributed by atoms with E-state index in [0.717, 1.165) is 17.0 Å². The first kappa shape index (κ1) is 19.3. The van der Waals surface area contributed by atoms with Crippen molar-refractivity contribution in [2.24, 2.45) is 0 Å². The summed E-state index contributed by atoms with van der Waals surface area (Å²) in [4.78, 5) is 0. The number of rotatable bonds is 7. The molecule has 3 rings (SSSR count). The van der Waals surface area contributed by atoms with E-state index in [0.29, 0.717) is 27.9 Å². The Balaban J connectivity index is 1.66. The van der Waals surface area contributed by atoms with E-state index in [1.54, 1.807) is 37.4 Å². The molecule has 0 bridgehead atoms. The molecule has 0 radical (unpaired) electrons. The monoisotopic (exact) mass is 405 g/mol. The summed E-state index contributed by atoms with van der Waals surface area (Å²) in [6.07, 6.45) is 0. The van der Waals surface area contributed by atoms with Crippen LogP contribution in [0.5, 0.6) is 11.5 Å². The molecule has 0 aliphatic carbocycles. The molecule has 0 atom stereocenters. The zero-order valence-electron chi connectivity index (χ0n) is 14.6. The van der Waals surface area contributed by atoms with Gasteiger partial charge in [0.1, 0.15) is 18.2 Å². The molecule has 1 N–H and O–H groups in total. The van der Waals surface area contributed by atoms with E-state index >= 15 is 0 Å². The smallest absolute Gasteiger partial charge is 0.156 e. The fraction of sp³-hybridized carbons (Fsp3) is 0.143. The minimum Gasteiger partial charge on any atom is -0.497 e. The fourth-order valence-electron chi connectivity index (χ4n) is 2.53. The van der Waals surface area contributed by atoms with Crippen LogP contribution in [0, 0.1) is 5.82 Å². The molecule has 0 spiro atoms.